The van der Waals surface area contributed by atoms with Gasteiger partial charge < -0.3 is 19.8 Å². The Bertz CT molecular complexity index is 491. The summed E-state index contributed by atoms with van der Waals surface area (Å²) in [6, 6.07) is 3.94. The van der Waals surface area contributed by atoms with Crippen molar-refractivity contribution in [1.29, 1.82) is 0 Å². The Morgan fingerprint density at radius 3 is 2.53 bits per heavy atom. The molecule has 0 aliphatic carbocycles. The summed E-state index contributed by atoms with van der Waals surface area (Å²) in [5.74, 6) is -1.90. The Morgan fingerprint density at radius 1 is 1.42 bits per heavy atom. The summed E-state index contributed by atoms with van der Waals surface area (Å²) < 4.78 is 5.90. The van der Waals surface area contributed by atoms with Gasteiger partial charge in [0.05, 0.1) is 19.2 Å². The Kier molecular flexibility index (Phi) is 5.17. The second-order valence-corrected chi connectivity index (χ2v) is 4.79. The molecule has 2 N–H and O–H groups in total. The maximum atomic E-state index is 11.2. The monoisotopic (exact) mass is 331 g/mol. The average molecular weight is 332 g/mol. The van der Waals surface area contributed by atoms with Crippen molar-refractivity contribution in [3.63, 3.8) is 0 Å². The predicted molar refractivity (Wildman–Crippen MR) is 72.8 cm³/mol. The third-order valence-corrected chi connectivity index (χ3v) is 3.13. The summed E-state index contributed by atoms with van der Waals surface area (Å²) in [5.41, 5.74) is 0.505. The van der Waals surface area contributed by atoms with Crippen LogP contribution in [-0.2, 0) is 9.59 Å². The van der Waals surface area contributed by atoms with Gasteiger partial charge in [0, 0.05) is 11.5 Å². The molecule has 0 radical (unpaired) electrons. The second-order valence-electron chi connectivity index (χ2n) is 3.88. The van der Waals surface area contributed by atoms with Gasteiger partial charge in [-0.2, -0.15) is 0 Å². The first-order valence-electron chi connectivity index (χ1n) is 5.37. The van der Waals surface area contributed by atoms with Gasteiger partial charge in [-0.3, -0.25) is 4.79 Å². The molecular weight excluding hydrogens is 318 g/mol. The molecule has 1 aromatic rings. The molecule has 19 heavy (non-hydrogen) atoms. The topological polar surface area (TPSA) is 87.1 Å². The molecule has 0 saturated carbocycles. The van der Waals surface area contributed by atoms with E-state index >= 15 is 0 Å². The van der Waals surface area contributed by atoms with Crippen molar-refractivity contribution in [2.75, 3.05) is 19.1 Å². The van der Waals surface area contributed by atoms with Crippen LogP contribution in [0.15, 0.2) is 22.7 Å². The van der Waals surface area contributed by atoms with Gasteiger partial charge in [-0.15, -0.1) is 0 Å². The first-order valence-corrected chi connectivity index (χ1v) is 6.17. The van der Waals surface area contributed by atoms with E-state index in [1.165, 1.54) is 19.1 Å². The lowest BCUT2D eigenvalue weighted by molar-refractivity contribution is -0.145. The van der Waals surface area contributed by atoms with Crippen LogP contribution in [0.5, 0.6) is 5.75 Å². The number of halogens is 1. The fourth-order valence-corrected chi connectivity index (χ4v) is 2.01. The number of carboxylic acids is 2. The van der Waals surface area contributed by atoms with Gasteiger partial charge in [0.25, 0.3) is 0 Å². The first kappa shape index (κ1) is 15.3. The molecule has 0 aliphatic rings. The fraction of sp³-hybridized carbons (Fsp3) is 0.333. The van der Waals surface area contributed by atoms with Crippen LogP contribution < -0.4 is 9.64 Å². The highest BCUT2D eigenvalue weighted by atomic mass is 79.9. The van der Waals surface area contributed by atoms with Crippen molar-refractivity contribution in [3.05, 3.63) is 22.7 Å². The minimum absolute atomic E-state index is 0.474. The molecule has 7 heteroatoms. The van der Waals surface area contributed by atoms with Gasteiger partial charge in [-0.1, -0.05) is 15.9 Å². The molecule has 0 bridgehead atoms. The maximum absolute atomic E-state index is 11.2. The molecule has 6 nitrogen and oxygen atoms in total. The molecule has 0 fully saturated rings. The van der Waals surface area contributed by atoms with Crippen LogP contribution in [0, 0.1) is 0 Å². The number of ether oxygens (including phenoxy) is 1. The van der Waals surface area contributed by atoms with E-state index in [9.17, 15) is 9.59 Å². The van der Waals surface area contributed by atoms with Gasteiger partial charge in [0.2, 0.25) is 0 Å². The van der Waals surface area contributed by atoms with E-state index in [-0.39, 0.29) is 0 Å². The van der Waals surface area contributed by atoms with Gasteiger partial charge >= 0.3 is 11.9 Å². The molecular formula is C12H14BrNO5. The summed E-state index contributed by atoms with van der Waals surface area (Å²) in [6.07, 6.45) is -0.499. The molecule has 1 atom stereocenters. The predicted octanol–water partition coefficient (Wildman–Crippen LogP) is 1.82. The number of likely N-dealkylation sites (N-methyl/N-ethyl adjacent to an activating group) is 1. The lowest BCUT2D eigenvalue weighted by atomic mass is 10.1. The van der Waals surface area contributed by atoms with E-state index in [1.54, 1.807) is 18.2 Å². The normalized spacial score (nSPS) is 11.7. The molecule has 0 spiro atoms. The third kappa shape index (κ3) is 3.85. The Labute approximate surface area is 118 Å². The number of anilines is 1. The number of methoxy groups -OCH3 is 1. The van der Waals surface area contributed by atoms with Crippen LogP contribution in [0.25, 0.3) is 0 Å². The zero-order valence-corrected chi connectivity index (χ0v) is 12.0. The summed E-state index contributed by atoms with van der Waals surface area (Å²) in [7, 11) is 2.99. The molecule has 0 aliphatic heterocycles. The smallest absolute Gasteiger partial charge is 0.326 e. The highest BCUT2D eigenvalue weighted by Gasteiger charge is 2.27. The highest BCUT2D eigenvalue weighted by molar-refractivity contribution is 9.10. The number of benzene rings is 1. The Hall–Kier alpha value is -1.76. The van der Waals surface area contributed by atoms with Crippen LogP contribution in [0.1, 0.15) is 6.42 Å². The lowest BCUT2D eigenvalue weighted by Crippen LogP contribution is -2.40. The fourth-order valence-electron chi connectivity index (χ4n) is 1.66. The van der Waals surface area contributed by atoms with Gasteiger partial charge in [-0.25, -0.2) is 4.79 Å². The standard InChI is InChI=1S/C12H14BrNO5/c1-14(9(12(17)18)6-11(15)16)8-5-7(13)3-4-10(8)19-2/h3-5,9H,6H2,1-2H3,(H,15,16)(H,17,18). The molecule has 0 amide bonds. The van der Waals surface area contributed by atoms with Crippen LogP contribution in [0.3, 0.4) is 0 Å². The van der Waals surface area contributed by atoms with Crippen LogP contribution in [0.2, 0.25) is 0 Å². The van der Waals surface area contributed by atoms with E-state index in [0.29, 0.717) is 11.4 Å². The minimum Gasteiger partial charge on any atom is -0.495 e. The Morgan fingerprint density at radius 2 is 2.05 bits per heavy atom. The van der Waals surface area contributed by atoms with Crippen molar-refractivity contribution in [2.45, 2.75) is 12.5 Å². The number of carbonyl (C=O) groups is 2. The van der Waals surface area contributed by atoms with Crippen molar-refractivity contribution in [2.24, 2.45) is 0 Å². The van der Waals surface area contributed by atoms with Crippen molar-refractivity contribution >= 4 is 33.6 Å². The highest BCUT2D eigenvalue weighted by Crippen LogP contribution is 2.32. The molecule has 1 unspecified atom stereocenters. The van der Waals surface area contributed by atoms with Crippen LogP contribution in [0.4, 0.5) is 5.69 Å². The third-order valence-electron chi connectivity index (χ3n) is 2.64. The second kappa shape index (κ2) is 6.42. The van der Waals surface area contributed by atoms with Gasteiger partial charge in [-0.05, 0) is 18.2 Å². The van der Waals surface area contributed by atoms with Gasteiger partial charge in [0.1, 0.15) is 11.8 Å². The minimum atomic E-state index is -1.20. The number of rotatable bonds is 6. The number of nitrogens with zero attached hydrogens (tertiary/aromatic N) is 1. The molecule has 1 rings (SSSR count). The number of aliphatic carboxylic acids is 2. The summed E-state index contributed by atoms with van der Waals surface area (Å²) >= 11 is 3.28. The molecule has 0 heterocycles. The van der Waals surface area contributed by atoms with Crippen LogP contribution in [-0.4, -0.2) is 42.4 Å². The largest absolute Gasteiger partial charge is 0.495 e. The van der Waals surface area contributed by atoms with E-state index in [4.69, 9.17) is 14.9 Å². The summed E-state index contributed by atoms with van der Waals surface area (Å²) in [4.78, 5) is 23.3. The van der Waals surface area contributed by atoms with E-state index in [0.717, 1.165) is 4.47 Å². The van der Waals surface area contributed by atoms with Crippen molar-refractivity contribution < 1.29 is 24.5 Å². The molecule has 104 valence electrons. The molecule has 0 saturated heterocycles. The zero-order valence-electron chi connectivity index (χ0n) is 10.5. The molecule has 1 aromatic carbocycles. The lowest BCUT2D eigenvalue weighted by Gasteiger charge is -2.27. The summed E-state index contributed by atoms with van der Waals surface area (Å²) in [6.45, 7) is 0. The zero-order chi connectivity index (χ0) is 14.6. The quantitative estimate of drug-likeness (QED) is 0.826. The number of carboxylic acid groups (broad SMARTS) is 2. The van der Waals surface area contributed by atoms with Crippen LogP contribution >= 0.6 is 15.9 Å². The maximum Gasteiger partial charge on any atom is 0.326 e. The van der Waals surface area contributed by atoms with Gasteiger partial charge in [0.15, 0.2) is 0 Å². The SMILES string of the molecule is COc1ccc(Br)cc1N(C)C(CC(=O)O)C(=O)O. The van der Waals surface area contributed by atoms with Crippen molar-refractivity contribution in [1.82, 2.24) is 0 Å². The van der Waals surface area contributed by atoms with E-state index < -0.39 is 24.4 Å². The first-order chi connectivity index (χ1) is 8.86. The summed E-state index contributed by atoms with van der Waals surface area (Å²) in [5, 5.41) is 17.9. The molecule has 0 aromatic heterocycles. The van der Waals surface area contributed by atoms with E-state index in [1.807, 2.05) is 0 Å². The Balaban J connectivity index is 3.14. The number of hydrogen-bond acceptors (Lipinski definition) is 4. The van der Waals surface area contributed by atoms with E-state index in [2.05, 4.69) is 15.9 Å². The van der Waals surface area contributed by atoms with Crippen molar-refractivity contribution in [3.8, 4) is 5.75 Å². The average Bonchev–Trinajstić information content (AvgIpc) is 2.34. The number of hydrogen-bond donors (Lipinski definition) is 2.